The molecule has 0 unspecified atom stereocenters. The highest BCUT2D eigenvalue weighted by Gasteiger charge is 2.02. The topological polar surface area (TPSA) is 93.4 Å². The van der Waals surface area contributed by atoms with E-state index in [9.17, 15) is 0 Å². The summed E-state index contributed by atoms with van der Waals surface area (Å²) in [6, 6.07) is 5.15. The molecule has 0 saturated heterocycles. The highest BCUT2D eigenvalue weighted by molar-refractivity contribution is 5.42. The largest absolute Gasteiger partial charge is 0.399 e. The van der Waals surface area contributed by atoms with Crippen LogP contribution in [0.1, 0.15) is 5.82 Å². The van der Waals surface area contributed by atoms with Gasteiger partial charge < -0.3 is 5.73 Å². The second-order valence-electron chi connectivity index (χ2n) is 2.57. The van der Waals surface area contributed by atoms with Crippen molar-refractivity contribution in [1.29, 1.82) is 5.26 Å². The Balaban J connectivity index is 2.45. The average Bonchev–Trinajstić information content (AvgIpc) is 2.66. The number of rotatable bonds is 1. The number of aromatic nitrogens is 4. The van der Waals surface area contributed by atoms with Gasteiger partial charge in [0, 0.05) is 18.0 Å². The van der Waals surface area contributed by atoms with E-state index in [-0.39, 0.29) is 5.82 Å². The van der Waals surface area contributed by atoms with Gasteiger partial charge in [0.1, 0.15) is 12.4 Å². The lowest BCUT2D eigenvalue weighted by molar-refractivity contribution is 0.841. The quantitative estimate of drug-likeness (QED) is 0.682. The van der Waals surface area contributed by atoms with Crippen molar-refractivity contribution in [2.45, 2.75) is 0 Å². The van der Waals surface area contributed by atoms with Crippen LogP contribution in [0.25, 0.3) is 5.82 Å². The zero-order valence-corrected chi connectivity index (χ0v) is 7.12. The molecule has 0 radical (unpaired) electrons. The molecular formula is C8H6N6. The average molecular weight is 186 g/mol. The number of nitrogen functional groups attached to an aromatic ring is 1. The molecule has 2 heterocycles. The summed E-state index contributed by atoms with van der Waals surface area (Å²) in [5.41, 5.74) is 6.16. The number of nitrogens with zero attached hydrogens (tertiary/aromatic N) is 5. The number of hydrogen-bond donors (Lipinski definition) is 1. The van der Waals surface area contributed by atoms with Gasteiger partial charge in [0.05, 0.1) is 0 Å². The maximum absolute atomic E-state index is 8.52. The standard InChI is InChI=1S/C8H6N6/c9-4-7-12-5-14(13-7)8-3-6(10)1-2-11-8/h1-3,5H,(H2,10,11). The summed E-state index contributed by atoms with van der Waals surface area (Å²) in [6.45, 7) is 0. The van der Waals surface area contributed by atoms with Crippen molar-refractivity contribution < 1.29 is 0 Å². The Kier molecular flexibility index (Phi) is 1.84. The third-order valence-electron chi connectivity index (χ3n) is 1.60. The fourth-order valence-electron chi connectivity index (χ4n) is 0.984. The molecule has 0 amide bonds. The van der Waals surface area contributed by atoms with Gasteiger partial charge in [-0.1, -0.05) is 0 Å². The molecule has 0 aliphatic carbocycles. The molecule has 6 heteroatoms. The monoisotopic (exact) mass is 186 g/mol. The Labute approximate surface area is 79.6 Å². The summed E-state index contributed by atoms with van der Waals surface area (Å²) in [4.78, 5) is 7.78. The number of anilines is 1. The Morgan fingerprint density at radius 3 is 2.93 bits per heavy atom. The first-order chi connectivity index (χ1) is 6.79. The summed E-state index contributed by atoms with van der Waals surface area (Å²) in [5.74, 6) is 0.647. The van der Waals surface area contributed by atoms with E-state index in [4.69, 9.17) is 11.0 Å². The van der Waals surface area contributed by atoms with Crippen LogP contribution < -0.4 is 5.73 Å². The van der Waals surface area contributed by atoms with Crippen molar-refractivity contribution in [3.05, 3.63) is 30.5 Å². The number of nitrogens with two attached hydrogens (primary N) is 1. The predicted molar refractivity (Wildman–Crippen MR) is 48.3 cm³/mol. The van der Waals surface area contributed by atoms with Crippen molar-refractivity contribution >= 4 is 5.69 Å². The van der Waals surface area contributed by atoms with E-state index in [0.29, 0.717) is 11.5 Å². The molecule has 0 saturated carbocycles. The van der Waals surface area contributed by atoms with Gasteiger partial charge in [-0.15, -0.1) is 5.10 Å². The zero-order valence-electron chi connectivity index (χ0n) is 7.12. The van der Waals surface area contributed by atoms with E-state index in [1.807, 2.05) is 6.07 Å². The van der Waals surface area contributed by atoms with Crippen LogP contribution in [-0.2, 0) is 0 Å². The van der Waals surface area contributed by atoms with Crippen molar-refractivity contribution in [3.8, 4) is 11.9 Å². The number of pyridine rings is 1. The minimum atomic E-state index is 0.106. The molecule has 14 heavy (non-hydrogen) atoms. The summed E-state index contributed by atoms with van der Waals surface area (Å²) in [7, 11) is 0. The minimum Gasteiger partial charge on any atom is -0.399 e. The Bertz CT molecular complexity index is 495. The van der Waals surface area contributed by atoms with Crippen LogP contribution in [0.15, 0.2) is 24.7 Å². The van der Waals surface area contributed by atoms with E-state index in [1.54, 1.807) is 18.3 Å². The third-order valence-corrected chi connectivity index (χ3v) is 1.60. The van der Waals surface area contributed by atoms with Gasteiger partial charge in [-0.25, -0.2) is 14.6 Å². The Hall–Kier alpha value is -2.42. The summed E-state index contributed by atoms with van der Waals surface area (Å²) < 4.78 is 1.40. The van der Waals surface area contributed by atoms with Crippen molar-refractivity contribution in [2.75, 3.05) is 5.73 Å². The maximum atomic E-state index is 8.52. The first-order valence-electron chi connectivity index (χ1n) is 3.83. The van der Waals surface area contributed by atoms with Crippen LogP contribution in [0.3, 0.4) is 0 Å². The van der Waals surface area contributed by atoms with E-state index in [1.165, 1.54) is 11.0 Å². The first-order valence-corrected chi connectivity index (χ1v) is 3.83. The lowest BCUT2D eigenvalue weighted by Crippen LogP contribution is -1.99. The number of hydrogen-bond acceptors (Lipinski definition) is 5. The molecule has 0 aliphatic heterocycles. The fraction of sp³-hybridized carbons (Fsp3) is 0. The lowest BCUT2D eigenvalue weighted by Gasteiger charge is -1.98. The molecule has 0 aliphatic rings. The van der Waals surface area contributed by atoms with Gasteiger partial charge in [0.15, 0.2) is 5.82 Å². The Morgan fingerprint density at radius 2 is 2.29 bits per heavy atom. The van der Waals surface area contributed by atoms with Gasteiger partial charge in [-0.3, -0.25) is 0 Å². The normalized spacial score (nSPS) is 9.64. The van der Waals surface area contributed by atoms with E-state index in [0.717, 1.165) is 0 Å². The molecule has 2 rings (SSSR count). The summed E-state index contributed by atoms with van der Waals surface area (Å²) >= 11 is 0. The summed E-state index contributed by atoms with van der Waals surface area (Å²) in [6.07, 6.45) is 2.98. The molecule has 2 aromatic heterocycles. The van der Waals surface area contributed by atoms with Gasteiger partial charge in [-0.05, 0) is 6.07 Å². The smallest absolute Gasteiger partial charge is 0.252 e. The van der Waals surface area contributed by atoms with Gasteiger partial charge >= 0.3 is 0 Å². The van der Waals surface area contributed by atoms with Crippen LogP contribution in [0.5, 0.6) is 0 Å². The van der Waals surface area contributed by atoms with Crippen LogP contribution in [0.4, 0.5) is 5.69 Å². The second kappa shape index (κ2) is 3.14. The SMILES string of the molecule is N#Cc1ncn(-c2cc(N)ccn2)n1. The predicted octanol–water partition coefficient (Wildman–Crippen LogP) is 0.116. The molecular weight excluding hydrogens is 180 g/mol. The van der Waals surface area contributed by atoms with E-state index >= 15 is 0 Å². The molecule has 68 valence electrons. The molecule has 0 atom stereocenters. The van der Waals surface area contributed by atoms with Crippen molar-refractivity contribution in [2.24, 2.45) is 0 Å². The van der Waals surface area contributed by atoms with Crippen LogP contribution >= 0.6 is 0 Å². The van der Waals surface area contributed by atoms with Crippen molar-refractivity contribution in [3.63, 3.8) is 0 Å². The Morgan fingerprint density at radius 1 is 1.43 bits per heavy atom. The first kappa shape index (κ1) is 8.19. The zero-order chi connectivity index (χ0) is 9.97. The van der Waals surface area contributed by atoms with Gasteiger partial charge in [-0.2, -0.15) is 5.26 Å². The van der Waals surface area contributed by atoms with E-state index in [2.05, 4.69) is 15.1 Å². The summed E-state index contributed by atoms with van der Waals surface area (Å²) in [5, 5.41) is 12.4. The van der Waals surface area contributed by atoms with Crippen LogP contribution in [-0.4, -0.2) is 19.7 Å². The molecule has 2 N–H and O–H groups in total. The highest BCUT2D eigenvalue weighted by Crippen LogP contribution is 2.06. The molecule has 6 nitrogen and oxygen atoms in total. The molecule has 0 fully saturated rings. The van der Waals surface area contributed by atoms with Gasteiger partial charge in [0.25, 0.3) is 5.82 Å². The van der Waals surface area contributed by atoms with Crippen molar-refractivity contribution in [1.82, 2.24) is 19.7 Å². The molecule has 2 aromatic rings. The second-order valence-corrected chi connectivity index (χ2v) is 2.57. The molecule has 0 aromatic carbocycles. The lowest BCUT2D eigenvalue weighted by atomic mass is 10.4. The van der Waals surface area contributed by atoms with Crippen LogP contribution in [0, 0.1) is 11.3 Å². The third kappa shape index (κ3) is 1.38. The minimum absolute atomic E-state index is 0.106. The van der Waals surface area contributed by atoms with Gasteiger partial charge in [0.2, 0.25) is 0 Å². The molecule has 0 spiro atoms. The highest BCUT2D eigenvalue weighted by atomic mass is 15.4. The van der Waals surface area contributed by atoms with E-state index < -0.39 is 0 Å². The van der Waals surface area contributed by atoms with Crippen LogP contribution in [0.2, 0.25) is 0 Å². The maximum Gasteiger partial charge on any atom is 0.252 e. The fourth-order valence-corrected chi connectivity index (χ4v) is 0.984. The number of nitriles is 1. The molecule has 0 bridgehead atoms.